The summed E-state index contributed by atoms with van der Waals surface area (Å²) in [6.45, 7) is 2.40. The highest BCUT2D eigenvalue weighted by atomic mass is 35.5. The molecule has 0 aromatic heterocycles. The van der Waals surface area contributed by atoms with Crippen LogP contribution in [0.5, 0.6) is 5.75 Å². The van der Waals surface area contributed by atoms with Crippen LogP contribution in [0.15, 0.2) is 71.8 Å². The van der Waals surface area contributed by atoms with E-state index in [1.165, 1.54) is 0 Å². The predicted molar refractivity (Wildman–Crippen MR) is 110 cm³/mol. The van der Waals surface area contributed by atoms with Gasteiger partial charge in [-0.1, -0.05) is 47.5 Å². The van der Waals surface area contributed by atoms with E-state index in [4.69, 9.17) is 27.9 Å². The van der Waals surface area contributed by atoms with Crippen LogP contribution in [0.1, 0.15) is 16.7 Å². The van der Waals surface area contributed by atoms with Gasteiger partial charge in [-0.25, -0.2) is 0 Å². The maximum atomic E-state index is 6.13. The molecular weight excluding hydrogens is 367 g/mol. The number of aryl methyl sites for hydroxylation is 1. The van der Waals surface area contributed by atoms with Crippen LogP contribution in [0.4, 0.5) is 5.69 Å². The number of anilines is 1. The van der Waals surface area contributed by atoms with Crippen LogP contribution in [-0.4, -0.2) is 6.21 Å². The number of ether oxygens (including phenoxy) is 1. The highest BCUT2D eigenvalue weighted by molar-refractivity contribution is 6.31. The van der Waals surface area contributed by atoms with E-state index in [9.17, 15) is 0 Å². The molecule has 3 aromatic rings. The Labute approximate surface area is 163 Å². The van der Waals surface area contributed by atoms with Gasteiger partial charge >= 0.3 is 0 Å². The summed E-state index contributed by atoms with van der Waals surface area (Å²) >= 11 is 12.2. The van der Waals surface area contributed by atoms with Crippen LogP contribution in [0.25, 0.3) is 0 Å². The van der Waals surface area contributed by atoms with Crippen molar-refractivity contribution in [2.45, 2.75) is 13.5 Å². The van der Waals surface area contributed by atoms with Gasteiger partial charge in [0.25, 0.3) is 0 Å². The fraction of sp³-hybridized carbons (Fsp3) is 0.0952. The maximum absolute atomic E-state index is 6.13. The largest absolute Gasteiger partial charge is 0.489 e. The molecule has 0 fully saturated rings. The Morgan fingerprint density at radius 2 is 1.73 bits per heavy atom. The minimum atomic E-state index is 0.433. The van der Waals surface area contributed by atoms with E-state index >= 15 is 0 Å². The van der Waals surface area contributed by atoms with Gasteiger partial charge in [0, 0.05) is 15.6 Å². The van der Waals surface area contributed by atoms with Crippen LogP contribution < -0.4 is 10.2 Å². The average molecular weight is 385 g/mol. The lowest BCUT2D eigenvalue weighted by Crippen LogP contribution is -1.96. The van der Waals surface area contributed by atoms with E-state index in [1.807, 2.05) is 73.7 Å². The molecule has 0 saturated carbocycles. The van der Waals surface area contributed by atoms with Gasteiger partial charge in [0.05, 0.1) is 11.9 Å². The summed E-state index contributed by atoms with van der Waals surface area (Å²) in [6, 6.07) is 21.1. The lowest BCUT2D eigenvalue weighted by Gasteiger charge is -2.08. The SMILES string of the molecule is Cc1ccc(NN=Cc2ccc(OCc3ccccc3Cl)cc2)cc1Cl. The van der Waals surface area contributed by atoms with Gasteiger partial charge in [-0.2, -0.15) is 5.10 Å². The Balaban J connectivity index is 1.55. The summed E-state index contributed by atoms with van der Waals surface area (Å²) in [6.07, 6.45) is 1.74. The molecule has 3 rings (SSSR count). The van der Waals surface area contributed by atoms with Crippen molar-refractivity contribution in [3.8, 4) is 5.75 Å². The minimum absolute atomic E-state index is 0.433. The second-order valence-electron chi connectivity index (χ2n) is 5.78. The third-order valence-electron chi connectivity index (χ3n) is 3.81. The van der Waals surface area contributed by atoms with Gasteiger partial charge in [-0.05, 0) is 60.5 Å². The molecule has 3 aromatic carbocycles. The zero-order valence-corrected chi connectivity index (χ0v) is 15.8. The molecule has 0 aliphatic carbocycles. The normalized spacial score (nSPS) is 10.9. The fourth-order valence-electron chi connectivity index (χ4n) is 2.27. The summed E-state index contributed by atoms with van der Waals surface area (Å²) in [5.41, 5.74) is 6.77. The molecule has 0 radical (unpaired) electrons. The molecule has 1 N–H and O–H groups in total. The molecular formula is C21H18Cl2N2O. The number of hydrogen-bond acceptors (Lipinski definition) is 3. The number of rotatable bonds is 6. The van der Waals surface area contributed by atoms with Crippen LogP contribution in [-0.2, 0) is 6.61 Å². The van der Waals surface area contributed by atoms with Crippen LogP contribution in [0, 0.1) is 6.92 Å². The van der Waals surface area contributed by atoms with Crippen molar-refractivity contribution in [1.82, 2.24) is 0 Å². The minimum Gasteiger partial charge on any atom is -0.489 e. The molecule has 0 amide bonds. The van der Waals surface area contributed by atoms with E-state index in [-0.39, 0.29) is 0 Å². The number of hydrogen-bond donors (Lipinski definition) is 1. The maximum Gasteiger partial charge on any atom is 0.119 e. The zero-order valence-electron chi connectivity index (χ0n) is 14.2. The second kappa shape index (κ2) is 8.75. The number of nitrogens with one attached hydrogen (secondary N) is 1. The first-order chi connectivity index (χ1) is 12.6. The van der Waals surface area contributed by atoms with Crippen molar-refractivity contribution in [1.29, 1.82) is 0 Å². The lowest BCUT2D eigenvalue weighted by atomic mass is 10.2. The molecule has 26 heavy (non-hydrogen) atoms. The molecule has 0 aliphatic rings. The highest BCUT2D eigenvalue weighted by Gasteiger charge is 2.00. The van der Waals surface area contributed by atoms with Crippen LogP contribution in [0.3, 0.4) is 0 Å². The molecule has 0 saturated heterocycles. The molecule has 0 heterocycles. The number of nitrogens with zero attached hydrogens (tertiary/aromatic N) is 1. The van der Waals surface area contributed by atoms with Crippen LogP contribution in [0.2, 0.25) is 10.0 Å². The predicted octanol–water partition coefficient (Wildman–Crippen LogP) is 6.33. The number of benzene rings is 3. The van der Waals surface area contributed by atoms with Gasteiger partial charge in [0.2, 0.25) is 0 Å². The number of halogens is 2. The lowest BCUT2D eigenvalue weighted by molar-refractivity contribution is 0.306. The van der Waals surface area contributed by atoms with Crippen molar-refractivity contribution < 1.29 is 4.74 Å². The first-order valence-corrected chi connectivity index (χ1v) is 8.89. The van der Waals surface area contributed by atoms with E-state index < -0.39 is 0 Å². The van der Waals surface area contributed by atoms with Crippen molar-refractivity contribution in [3.63, 3.8) is 0 Å². The molecule has 0 bridgehead atoms. The van der Waals surface area contributed by atoms with Crippen LogP contribution >= 0.6 is 23.2 Å². The smallest absolute Gasteiger partial charge is 0.119 e. The third kappa shape index (κ3) is 5.01. The topological polar surface area (TPSA) is 33.6 Å². The summed E-state index contributed by atoms with van der Waals surface area (Å²) in [7, 11) is 0. The number of hydrazone groups is 1. The second-order valence-corrected chi connectivity index (χ2v) is 6.60. The molecule has 0 unspecified atom stereocenters. The summed E-state index contributed by atoms with van der Waals surface area (Å²) in [5.74, 6) is 0.778. The molecule has 0 aliphatic heterocycles. The Morgan fingerprint density at radius 3 is 2.46 bits per heavy atom. The Hall–Kier alpha value is -2.49. The monoisotopic (exact) mass is 384 g/mol. The fourth-order valence-corrected chi connectivity index (χ4v) is 2.64. The van der Waals surface area contributed by atoms with Crippen molar-refractivity contribution in [2.75, 3.05) is 5.43 Å². The van der Waals surface area contributed by atoms with Gasteiger partial charge in [0.1, 0.15) is 12.4 Å². The first-order valence-electron chi connectivity index (χ1n) is 8.13. The molecule has 3 nitrogen and oxygen atoms in total. The van der Waals surface area contributed by atoms with E-state index in [0.29, 0.717) is 16.7 Å². The molecule has 0 spiro atoms. The van der Waals surface area contributed by atoms with Gasteiger partial charge in [0.15, 0.2) is 0 Å². The molecule has 132 valence electrons. The van der Waals surface area contributed by atoms with E-state index in [2.05, 4.69) is 10.5 Å². The molecule has 5 heteroatoms. The quantitative estimate of drug-likeness (QED) is 0.398. The summed E-state index contributed by atoms with van der Waals surface area (Å²) in [4.78, 5) is 0. The third-order valence-corrected chi connectivity index (χ3v) is 4.59. The standard InChI is InChI=1S/C21H18Cl2N2O/c1-15-6-9-18(12-21(15)23)25-24-13-16-7-10-19(11-8-16)26-14-17-4-2-3-5-20(17)22/h2-13,25H,14H2,1H3. The van der Waals surface area contributed by atoms with Crippen molar-refractivity contribution in [3.05, 3.63) is 93.5 Å². The molecule has 0 atom stereocenters. The Kier molecular flexibility index (Phi) is 6.16. The Morgan fingerprint density at radius 1 is 0.962 bits per heavy atom. The first kappa shape index (κ1) is 18.3. The highest BCUT2D eigenvalue weighted by Crippen LogP contribution is 2.20. The Bertz CT molecular complexity index is 908. The van der Waals surface area contributed by atoms with Gasteiger partial charge in [-0.15, -0.1) is 0 Å². The summed E-state index contributed by atoms with van der Waals surface area (Å²) in [5, 5.41) is 5.65. The average Bonchev–Trinajstić information content (AvgIpc) is 2.65. The zero-order chi connectivity index (χ0) is 18.4. The van der Waals surface area contributed by atoms with Crippen molar-refractivity contribution in [2.24, 2.45) is 5.10 Å². The van der Waals surface area contributed by atoms with E-state index in [0.717, 1.165) is 28.1 Å². The van der Waals surface area contributed by atoms with E-state index in [1.54, 1.807) is 6.21 Å². The van der Waals surface area contributed by atoms with Gasteiger partial charge < -0.3 is 4.74 Å². The summed E-state index contributed by atoms with van der Waals surface area (Å²) < 4.78 is 5.77. The van der Waals surface area contributed by atoms with Crippen molar-refractivity contribution >= 4 is 35.1 Å². The van der Waals surface area contributed by atoms with Gasteiger partial charge in [-0.3, -0.25) is 5.43 Å².